The number of aromatic nitrogens is 2. The molecule has 1 aromatic rings. The number of nitrogens with zero attached hydrogens (tertiary/aromatic N) is 4. The van der Waals surface area contributed by atoms with Gasteiger partial charge in [-0.2, -0.15) is 4.98 Å². The van der Waals surface area contributed by atoms with E-state index in [0.29, 0.717) is 5.82 Å². The lowest BCUT2D eigenvalue weighted by Crippen LogP contribution is -2.44. The van der Waals surface area contributed by atoms with Crippen molar-refractivity contribution in [2.24, 2.45) is 0 Å². The number of piperidine rings is 1. The van der Waals surface area contributed by atoms with Crippen molar-refractivity contribution in [1.82, 2.24) is 15.3 Å². The molecule has 0 unspecified atom stereocenters. The predicted octanol–water partition coefficient (Wildman–Crippen LogP) is 0.767. The lowest BCUT2D eigenvalue weighted by Gasteiger charge is -2.32. The van der Waals surface area contributed by atoms with Crippen molar-refractivity contribution in [2.75, 3.05) is 54.8 Å². The Morgan fingerprint density at radius 2 is 1.65 bits per heavy atom. The molecule has 110 valence electrons. The maximum Gasteiger partial charge on any atom is 0.227 e. The number of hydrogen-bond donors (Lipinski definition) is 2. The molecule has 0 amide bonds. The molecule has 2 saturated heterocycles. The molecule has 0 atom stereocenters. The van der Waals surface area contributed by atoms with Crippen molar-refractivity contribution >= 4 is 17.5 Å². The van der Waals surface area contributed by atoms with Crippen LogP contribution in [-0.4, -0.2) is 49.2 Å². The molecular weight excluding hydrogens is 252 g/mol. The molecule has 6 nitrogen and oxygen atoms in total. The lowest BCUT2D eigenvalue weighted by molar-refractivity contribution is 0.566. The SMILES string of the molecule is Cc1nc(N2CCCCC2)nc(N)c1N1CCNCC1. The van der Waals surface area contributed by atoms with Gasteiger partial charge in [-0.05, 0) is 26.2 Å². The van der Waals surface area contributed by atoms with Crippen molar-refractivity contribution in [3.05, 3.63) is 5.69 Å². The van der Waals surface area contributed by atoms with Gasteiger partial charge in [-0.3, -0.25) is 0 Å². The zero-order chi connectivity index (χ0) is 13.9. The summed E-state index contributed by atoms with van der Waals surface area (Å²) in [7, 11) is 0. The summed E-state index contributed by atoms with van der Waals surface area (Å²) in [4.78, 5) is 13.8. The van der Waals surface area contributed by atoms with E-state index < -0.39 is 0 Å². The van der Waals surface area contributed by atoms with Gasteiger partial charge in [0.25, 0.3) is 0 Å². The Morgan fingerprint density at radius 3 is 2.30 bits per heavy atom. The van der Waals surface area contributed by atoms with Gasteiger partial charge in [0, 0.05) is 39.3 Å². The number of rotatable bonds is 2. The highest BCUT2D eigenvalue weighted by molar-refractivity contribution is 5.68. The van der Waals surface area contributed by atoms with E-state index in [0.717, 1.165) is 56.6 Å². The quantitative estimate of drug-likeness (QED) is 0.831. The molecule has 0 bridgehead atoms. The van der Waals surface area contributed by atoms with Crippen molar-refractivity contribution < 1.29 is 0 Å². The second-order valence-electron chi connectivity index (χ2n) is 5.63. The molecule has 0 radical (unpaired) electrons. The zero-order valence-electron chi connectivity index (χ0n) is 12.2. The van der Waals surface area contributed by atoms with E-state index in [4.69, 9.17) is 10.7 Å². The van der Waals surface area contributed by atoms with Gasteiger partial charge in [0.05, 0.1) is 5.69 Å². The Balaban J connectivity index is 1.85. The van der Waals surface area contributed by atoms with Crippen LogP contribution in [0.1, 0.15) is 25.0 Å². The molecule has 3 heterocycles. The minimum Gasteiger partial charge on any atom is -0.382 e. The van der Waals surface area contributed by atoms with E-state index >= 15 is 0 Å². The summed E-state index contributed by atoms with van der Waals surface area (Å²) in [5, 5.41) is 3.35. The Morgan fingerprint density at radius 1 is 0.950 bits per heavy atom. The number of piperazine rings is 1. The zero-order valence-corrected chi connectivity index (χ0v) is 12.2. The van der Waals surface area contributed by atoms with Crippen LogP contribution in [0.5, 0.6) is 0 Å². The average Bonchev–Trinajstić information content (AvgIpc) is 2.48. The van der Waals surface area contributed by atoms with Crippen LogP contribution >= 0.6 is 0 Å². The van der Waals surface area contributed by atoms with Gasteiger partial charge in [0.2, 0.25) is 5.95 Å². The molecule has 2 aliphatic heterocycles. The van der Waals surface area contributed by atoms with E-state index in [1.54, 1.807) is 0 Å². The Kier molecular flexibility index (Phi) is 3.91. The second-order valence-corrected chi connectivity index (χ2v) is 5.63. The number of aryl methyl sites for hydroxylation is 1. The molecule has 0 saturated carbocycles. The van der Waals surface area contributed by atoms with Crippen LogP contribution in [0.2, 0.25) is 0 Å². The molecule has 3 N–H and O–H groups in total. The number of anilines is 3. The van der Waals surface area contributed by atoms with Crippen molar-refractivity contribution in [1.29, 1.82) is 0 Å². The Bertz CT molecular complexity index is 440. The highest BCUT2D eigenvalue weighted by atomic mass is 15.3. The summed E-state index contributed by atoms with van der Waals surface area (Å²) < 4.78 is 0. The summed E-state index contributed by atoms with van der Waals surface area (Å²) in [6, 6.07) is 0. The van der Waals surface area contributed by atoms with Crippen LogP contribution in [0.3, 0.4) is 0 Å². The largest absolute Gasteiger partial charge is 0.382 e. The normalized spacial score (nSPS) is 20.2. The van der Waals surface area contributed by atoms with Crippen LogP contribution in [-0.2, 0) is 0 Å². The molecule has 2 fully saturated rings. The van der Waals surface area contributed by atoms with Crippen molar-refractivity contribution in [3.63, 3.8) is 0 Å². The molecule has 0 aromatic carbocycles. The second kappa shape index (κ2) is 5.83. The first-order chi connectivity index (χ1) is 9.75. The highest BCUT2D eigenvalue weighted by Gasteiger charge is 2.21. The third kappa shape index (κ3) is 2.65. The number of nitrogens with two attached hydrogens (primary N) is 1. The van der Waals surface area contributed by atoms with Crippen molar-refractivity contribution in [2.45, 2.75) is 26.2 Å². The predicted molar refractivity (Wildman–Crippen MR) is 82.3 cm³/mol. The van der Waals surface area contributed by atoms with Crippen LogP contribution < -0.4 is 20.9 Å². The third-order valence-electron chi connectivity index (χ3n) is 4.15. The molecule has 0 spiro atoms. The Hall–Kier alpha value is -1.56. The monoisotopic (exact) mass is 276 g/mol. The third-order valence-corrected chi connectivity index (χ3v) is 4.15. The lowest BCUT2D eigenvalue weighted by atomic mass is 10.1. The first-order valence-corrected chi connectivity index (χ1v) is 7.60. The number of nitrogen functional groups attached to an aromatic ring is 1. The van der Waals surface area contributed by atoms with E-state index in [2.05, 4.69) is 20.1 Å². The van der Waals surface area contributed by atoms with Gasteiger partial charge >= 0.3 is 0 Å². The minimum absolute atomic E-state index is 0.625. The van der Waals surface area contributed by atoms with Gasteiger partial charge in [-0.25, -0.2) is 4.98 Å². The average molecular weight is 276 g/mol. The molecule has 20 heavy (non-hydrogen) atoms. The number of nitrogens with one attached hydrogen (secondary N) is 1. The van der Waals surface area contributed by atoms with Crippen LogP contribution in [0, 0.1) is 6.92 Å². The molecular formula is C14H24N6. The minimum atomic E-state index is 0.625. The standard InChI is InChI=1S/C14H24N6/c1-11-12(19-9-5-16-6-10-19)13(15)18-14(17-11)20-7-3-2-4-8-20/h16H,2-10H2,1H3,(H2,15,17,18). The molecule has 3 rings (SSSR count). The summed E-state index contributed by atoms with van der Waals surface area (Å²) in [6.45, 7) is 8.06. The van der Waals surface area contributed by atoms with E-state index in [1.165, 1.54) is 19.3 Å². The fourth-order valence-electron chi connectivity index (χ4n) is 3.09. The summed E-state index contributed by atoms with van der Waals surface area (Å²) in [5.41, 5.74) is 8.24. The van der Waals surface area contributed by atoms with Crippen molar-refractivity contribution in [3.8, 4) is 0 Å². The summed E-state index contributed by atoms with van der Waals surface area (Å²) in [6.07, 6.45) is 3.76. The summed E-state index contributed by atoms with van der Waals surface area (Å²) >= 11 is 0. The Labute approximate surface area is 120 Å². The highest BCUT2D eigenvalue weighted by Crippen LogP contribution is 2.28. The van der Waals surface area contributed by atoms with Crippen LogP contribution in [0.15, 0.2) is 0 Å². The van der Waals surface area contributed by atoms with Gasteiger partial charge in [0.1, 0.15) is 5.69 Å². The van der Waals surface area contributed by atoms with Crippen LogP contribution in [0.4, 0.5) is 17.5 Å². The molecule has 0 aliphatic carbocycles. The maximum atomic E-state index is 6.22. The van der Waals surface area contributed by atoms with Crippen LogP contribution in [0.25, 0.3) is 0 Å². The summed E-state index contributed by atoms with van der Waals surface area (Å²) in [5.74, 6) is 1.43. The maximum absolute atomic E-state index is 6.22. The van der Waals surface area contributed by atoms with Gasteiger partial charge in [-0.1, -0.05) is 0 Å². The first kappa shape index (κ1) is 13.4. The van der Waals surface area contributed by atoms with E-state index in [-0.39, 0.29) is 0 Å². The van der Waals surface area contributed by atoms with Gasteiger partial charge in [0.15, 0.2) is 5.82 Å². The fraction of sp³-hybridized carbons (Fsp3) is 0.714. The fourth-order valence-corrected chi connectivity index (χ4v) is 3.09. The van der Waals surface area contributed by atoms with E-state index in [1.807, 2.05) is 6.92 Å². The molecule has 2 aliphatic rings. The number of hydrogen-bond acceptors (Lipinski definition) is 6. The van der Waals surface area contributed by atoms with Gasteiger partial charge in [-0.15, -0.1) is 0 Å². The van der Waals surface area contributed by atoms with E-state index in [9.17, 15) is 0 Å². The molecule has 6 heteroatoms. The first-order valence-electron chi connectivity index (χ1n) is 7.60. The smallest absolute Gasteiger partial charge is 0.227 e. The topological polar surface area (TPSA) is 70.3 Å². The molecule has 1 aromatic heterocycles. The van der Waals surface area contributed by atoms with Gasteiger partial charge < -0.3 is 20.9 Å².